The molecule has 0 saturated carbocycles. The van der Waals surface area contributed by atoms with Gasteiger partial charge in [-0.15, -0.1) is 10.2 Å². The van der Waals surface area contributed by atoms with E-state index in [1.165, 1.54) is 19.2 Å². The molecule has 0 atom stereocenters. The van der Waals surface area contributed by atoms with E-state index in [0.29, 0.717) is 12.0 Å². The Morgan fingerprint density at radius 1 is 1.12 bits per heavy atom. The van der Waals surface area contributed by atoms with Crippen LogP contribution in [-0.2, 0) is 13.0 Å². The molecular weight excluding hydrogens is 446 g/mol. The molecule has 0 fully saturated rings. The second-order valence-corrected chi connectivity index (χ2v) is 6.73. The fourth-order valence-corrected chi connectivity index (χ4v) is 2.96. The quantitative estimate of drug-likeness (QED) is 0.462. The molecule has 1 aromatic carbocycles. The van der Waals surface area contributed by atoms with Crippen LogP contribution in [0.15, 0.2) is 35.4 Å². The van der Waals surface area contributed by atoms with E-state index < -0.39 is 35.5 Å². The van der Waals surface area contributed by atoms with Crippen LogP contribution in [0.3, 0.4) is 0 Å². The number of halogens is 4. The lowest BCUT2D eigenvalue weighted by atomic mass is 10.1. The van der Waals surface area contributed by atoms with Gasteiger partial charge in [-0.25, -0.2) is 22.5 Å². The maximum Gasteiger partial charge on any atom is 0.297 e. The number of aryl methyl sites for hydroxylation is 1. The second-order valence-electron chi connectivity index (χ2n) is 6.73. The van der Waals surface area contributed by atoms with Crippen LogP contribution >= 0.6 is 0 Å². The summed E-state index contributed by atoms with van der Waals surface area (Å²) in [6.45, 7) is 1.45. The molecule has 0 unspecified atom stereocenters. The van der Waals surface area contributed by atoms with Crippen LogP contribution in [0.1, 0.15) is 47.9 Å². The average molecular weight is 463 g/mol. The number of aromatic nitrogens is 4. The van der Waals surface area contributed by atoms with Crippen molar-refractivity contribution in [2.75, 3.05) is 7.11 Å². The number of methoxy groups -OCH3 is 1. The third-order valence-electron chi connectivity index (χ3n) is 4.56. The van der Waals surface area contributed by atoms with E-state index >= 15 is 0 Å². The number of alkyl halides is 4. The van der Waals surface area contributed by atoms with E-state index in [2.05, 4.69) is 15.2 Å². The molecule has 0 aliphatic carbocycles. The summed E-state index contributed by atoms with van der Waals surface area (Å²) < 4.78 is 64.5. The van der Waals surface area contributed by atoms with Crippen molar-refractivity contribution in [2.45, 2.75) is 32.7 Å². The molecule has 8 nitrogen and oxygen atoms in total. The van der Waals surface area contributed by atoms with E-state index in [1.807, 2.05) is 13.0 Å². The molecule has 3 rings (SSSR count). The van der Waals surface area contributed by atoms with Gasteiger partial charge in [0.1, 0.15) is 11.4 Å². The van der Waals surface area contributed by atoms with Crippen molar-refractivity contribution >= 4 is 0 Å². The summed E-state index contributed by atoms with van der Waals surface area (Å²) in [5.74, 6) is -0.867. The molecule has 0 saturated heterocycles. The second kappa shape index (κ2) is 10.1. The molecule has 0 aliphatic rings. The van der Waals surface area contributed by atoms with Crippen molar-refractivity contribution in [3.63, 3.8) is 0 Å². The van der Waals surface area contributed by atoms with Gasteiger partial charge in [0.2, 0.25) is 11.6 Å². The topological polar surface area (TPSA) is 103 Å². The maximum absolute atomic E-state index is 13.6. The Kier molecular flexibility index (Phi) is 7.22. The van der Waals surface area contributed by atoms with Crippen molar-refractivity contribution in [2.24, 2.45) is 0 Å². The van der Waals surface area contributed by atoms with Gasteiger partial charge in [0, 0.05) is 5.56 Å². The predicted molar refractivity (Wildman–Crippen MR) is 107 cm³/mol. The van der Waals surface area contributed by atoms with Crippen LogP contribution in [0.4, 0.5) is 17.6 Å². The third-order valence-corrected chi connectivity index (χ3v) is 4.56. The minimum absolute atomic E-state index is 0.00703. The van der Waals surface area contributed by atoms with Gasteiger partial charge < -0.3 is 9.47 Å². The highest BCUT2D eigenvalue weighted by Gasteiger charge is 2.23. The first-order chi connectivity index (χ1) is 15.8. The van der Waals surface area contributed by atoms with Crippen molar-refractivity contribution in [1.29, 1.82) is 5.26 Å². The van der Waals surface area contributed by atoms with Crippen LogP contribution in [0.5, 0.6) is 17.4 Å². The highest BCUT2D eigenvalue weighted by Crippen LogP contribution is 2.29. The van der Waals surface area contributed by atoms with Crippen LogP contribution < -0.4 is 15.0 Å². The molecule has 12 heteroatoms. The Hall–Kier alpha value is -4.01. The minimum atomic E-state index is -3.13. The van der Waals surface area contributed by atoms with Gasteiger partial charge in [-0.1, -0.05) is 6.92 Å². The van der Waals surface area contributed by atoms with Crippen LogP contribution in [0.25, 0.3) is 0 Å². The molecule has 172 valence electrons. The first-order valence-corrected chi connectivity index (χ1v) is 9.55. The van der Waals surface area contributed by atoms with E-state index in [4.69, 9.17) is 9.47 Å². The minimum Gasteiger partial charge on any atom is -0.480 e. The third kappa shape index (κ3) is 5.25. The molecule has 0 N–H and O–H groups in total. The predicted octanol–water partition coefficient (Wildman–Crippen LogP) is 4.19. The maximum atomic E-state index is 13.6. The van der Waals surface area contributed by atoms with Crippen LogP contribution in [0, 0.1) is 11.3 Å². The van der Waals surface area contributed by atoms with Gasteiger partial charge in [0.15, 0.2) is 5.69 Å². The van der Waals surface area contributed by atoms with Gasteiger partial charge in [-0.3, -0.25) is 9.36 Å². The van der Waals surface area contributed by atoms with Crippen LogP contribution in [-0.4, -0.2) is 26.9 Å². The van der Waals surface area contributed by atoms with Crippen molar-refractivity contribution in [1.82, 2.24) is 19.7 Å². The summed E-state index contributed by atoms with van der Waals surface area (Å²) >= 11 is 0. The molecule has 0 bridgehead atoms. The number of benzene rings is 1. The lowest BCUT2D eigenvalue weighted by Gasteiger charge is -2.14. The first kappa shape index (κ1) is 23.6. The summed E-state index contributed by atoms with van der Waals surface area (Å²) in [6, 6.07) is 7.35. The number of ether oxygens (including phenoxy) is 2. The van der Waals surface area contributed by atoms with Gasteiger partial charge in [0.05, 0.1) is 31.6 Å². The Morgan fingerprint density at radius 2 is 1.88 bits per heavy atom. The SMILES string of the molecule is CCc1cc(C#N)cc(Oc2c(C(F)F)ncn(Cc3cc(C(F)F)nnc3OC)c2=O)c1. The van der Waals surface area contributed by atoms with Gasteiger partial charge in [-0.05, 0) is 36.2 Å². The molecule has 0 amide bonds. The number of hydrogen-bond acceptors (Lipinski definition) is 7. The number of nitriles is 1. The van der Waals surface area contributed by atoms with Gasteiger partial charge in [-0.2, -0.15) is 5.26 Å². The average Bonchev–Trinajstić information content (AvgIpc) is 2.80. The summed E-state index contributed by atoms with van der Waals surface area (Å²) in [7, 11) is 1.23. The Balaban J connectivity index is 2.08. The molecule has 0 radical (unpaired) electrons. The monoisotopic (exact) mass is 463 g/mol. The van der Waals surface area contributed by atoms with Gasteiger partial charge >= 0.3 is 0 Å². The Bertz CT molecular complexity index is 1260. The number of rotatable bonds is 8. The number of nitrogens with zero attached hydrogens (tertiary/aromatic N) is 5. The van der Waals surface area contributed by atoms with Crippen molar-refractivity contribution < 1.29 is 27.0 Å². The molecule has 2 aromatic heterocycles. The Morgan fingerprint density at radius 3 is 2.48 bits per heavy atom. The molecular formula is C21H17F4N5O3. The summed E-state index contributed by atoms with van der Waals surface area (Å²) in [6.07, 6.45) is -4.67. The first-order valence-electron chi connectivity index (χ1n) is 9.55. The fourth-order valence-electron chi connectivity index (χ4n) is 2.96. The van der Waals surface area contributed by atoms with E-state index in [0.717, 1.165) is 17.0 Å². The zero-order valence-corrected chi connectivity index (χ0v) is 17.4. The summed E-state index contributed by atoms with van der Waals surface area (Å²) in [4.78, 5) is 16.6. The smallest absolute Gasteiger partial charge is 0.297 e. The van der Waals surface area contributed by atoms with E-state index in [-0.39, 0.29) is 29.3 Å². The summed E-state index contributed by atoms with van der Waals surface area (Å²) in [5.41, 5.74) is -1.56. The zero-order chi connectivity index (χ0) is 24.1. The summed E-state index contributed by atoms with van der Waals surface area (Å²) in [5, 5.41) is 16.1. The lowest BCUT2D eigenvalue weighted by Crippen LogP contribution is -2.24. The lowest BCUT2D eigenvalue weighted by molar-refractivity contribution is 0.141. The van der Waals surface area contributed by atoms with Crippen molar-refractivity contribution in [3.8, 4) is 23.4 Å². The van der Waals surface area contributed by atoms with Crippen LogP contribution in [0.2, 0.25) is 0 Å². The molecule has 33 heavy (non-hydrogen) atoms. The largest absolute Gasteiger partial charge is 0.480 e. The van der Waals surface area contributed by atoms with E-state index in [9.17, 15) is 27.6 Å². The molecule has 2 heterocycles. The Labute approximate surface area is 185 Å². The van der Waals surface area contributed by atoms with Gasteiger partial charge in [0.25, 0.3) is 18.4 Å². The molecule has 0 aliphatic heterocycles. The fraction of sp³-hybridized carbons (Fsp3) is 0.286. The standard InChI is InChI=1S/C21H17F4N5O3/c1-3-11-4-12(8-26)6-14(5-11)33-17-16(19(24)25)27-10-30(21(17)31)9-13-7-15(18(22)23)28-29-20(13)32-2/h4-7,10,18-19H,3,9H2,1-2H3. The molecule has 0 spiro atoms. The number of hydrogen-bond donors (Lipinski definition) is 0. The van der Waals surface area contributed by atoms with Crippen molar-refractivity contribution in [3.05, 3.63) is 69.0 Å². The highest BCUT2D eigenvalue weighted by molar-refractivity contribution is 5.43. The zero-order valence-electron chi connectivity index (χ0n) is 17.4. The molecule has 3 aromatic rings. The van der Waals surface area contributed by atoms with E-state index in [1.54, 1.807) is 6.07 Å². The normalized spacial score (nSPS) is 11.0. The highest BCUT2D eigenvalue weighted by atomic mass is 19.3.